The second-order valence-electron chi connectivity index (χ2n) is 6.53. The van der Waals surface area contributed by atoms with Gasteiger partial charge in [-0.3, -0.25) is 4.79 Å². The smallest absolute Gasteiger partial charge is 0.315 e. The molecule has 7 nitrogen and oxygen atoms in total. The van der Waals surface area contributed by atoms with Gasteiger partial charge in [0.25, 0.3) is 11.5 Å². The van der Waals surface area contributed by atoms with Crippen molar-refractivity contribution in [1.82, 2.24) is 20.2 Å². The number of aryl methyl sites for hydroxylation is 1. The fourth-order valence-corrected chi connectivity index (χ4v) is 3.16. The number of nitrogens with zero attached hydrogens (tertiary/aromatic N) is 3. The molecule has 0 aromatic carbocycles. The zero-order valence-electron chi connectivity index (χ0n) is 13.5. The molecule has 1 aliphatic carbocycles. The van der Waals surface area contributed by atoms with Gasteiger partial charge >= 0.3 is 6.03 Å². The molecule has 0 bridgehead atoms. The predicted octanol–water partition coefficient (Wildman–Crippen LogP) is 0.846. The van der Waals surface area contributed by atoms with Crippen molar-refractivity contribution in [2.75, 3.05) is 18.0 Å². The van der Waals surface area contributed by atoms with Gasteiger partial charge in [-0.1, -0.05) is 0 Å². The lowest BCUT2D eigenvalue weighted by Crippen LogP contribution is -2.57. The Labute approximate surface area is 138 Å². The van der Waals surface area contributed by atoms with E-state index in [-0.39, 0.29) is 24.4 Å². The lowest BCUT2D eigenvalue weighted by molar-refractivity contribution is -0.0896. The molecule has 1 aromatic rings. The topological polar surface area (TPSA) is 79.3 Å². The van der Waals surface area contributed by atoms with E-state index >= 15 is 0 Å². The van der Waals surface area contributed by atoms with Crippen LogP contribution in [0.5, 0.6) is 0 Å². The Kier molecular flexibility index (Phi) is 4.42. The maximum atomic E-state index is 12.8. The van der Waals surface area contributed by atoms with Crippen LogP contribution in [0.25, 0.3) is 0 Å². The van der Waals surface area contributed by atoms with Crippen molar-refractivity contribution < 1.29 is 13.6 Å². The molecular formula is C15H21F2N5O2. The SMILES string of the molecule is Cn1ccnc(N2CCCC(NC(=O)NC3CC(F)(F)C3)C2)c1=O. The molecule has 3 rings (SSSR count). The van der Waals surface area contributed by atoms with Crippen LogP contribution in [0.4, 0.5) is 19.4 Å². The Balaban J connectivity index is 1.55. The molecule has 2 aliphatic rings. The van der Waals surface area contributed by atoms with E-state index in [2.05, 4.69) is 15.6 Å². The molecule has 1 unspecified atom stereocenters. The van der Waals surface area contributed by atoms with Crippen LogP contribution in [-0.4, -0.2) is 46.7 Å². The van der Waals surface area contributed by atoms with Gasteiger partial charge in [0.15, 0.2) is 5.82 Å². The molecule has 9 heteroatoms. The summed E-state index contributed by atoms with van der Waals surface area (Å²) in [5.74, 6) is -2.29. The average molecular weight is 341 g/mol. The third-order valence-electron chi connectivity index (χ3n) is 4.48. The van der Waals surface area contributed by atoms with Gasteiger partial charge in [0.2, 0.25) is 0 Å². The number of anilines is 1. The van der Waals surface area contributed by atoms with Crippen molar-refractivity contribution in [2.24, 2.45) is 7.05 Å². The number of aromatic nitrogens is 2. The molecule has 2 amide bonds. The molecule has 2 fully saturated rings. The molecule has 132 valence electrons. The maximum Gasteiger partial charge on any atom is 0.315 e. The highest BCUT2D eigenvalue weighted by atomic mass is 19.3. The summed E-state index contributed by atoms with van der Waals surface area (Å²) in [6.07, 6.45) is 4.14. The first-order valence-electron chi connectivity index (χ1n) is 8.05. The van der Waals surface area contributed by atoms with Gasteiger partial charge in [0, 0.05) is 57.5 Å². The van der Waals surface area contributed by atoms with E-state index in [1.807, 2.05) is 4.90 Å². The van der Waals surface area contributed by atoms with Crippen molar-refractivity contribution in [3.63, 3.8) is 0 Å². The standard InChI is InChI=1S/C15H21F2N5O2/c1-21-6-4-18-12(13(21)23)22-5-2-3-10(9-22)19-14(24)20-11-7-15(16,17)8-11/h4,6,10-11H,2-3,5,7-9H2,1H3,(H2,19,20,24). The molecule has 1 aliphatic heterocycles. The second-order valence-corrected chi connectivity index (χ2v) is 6.53. The van der Waals surface area contributed by atoms with E-state index in [9.17, 15) is 18.4 Å². The summed E-state index contributed by atoms with van der Waals surface area (Å²) in [6.45, 7) is 1.17. The maximum absolute atomic E-state index is 12.8. The van der Waals surface area contributed by atoms with Gasteiger partial charge < -0.3 is 20.1 Å². The van der Waals surface area contributed by atoms with Crippen molar-refractivity contribution in [2.45, 2.75) is 43.7 Å². The third kappa shape index (κ3) is 3.65. The molecule has 1 atom stereocenters. The minimum absolute atomic E-state index is 0.147. The summed E-state index contributed by atoms with van der Waals surface area (Å²) < 4.78 is 27.0. The third-order valence-corrected chi connectivity index (χ3v) is 4.48. The van der Waals surface area contributed by atoms with Gasteiger partial charge in [-0.2, -0.15) is 0 Å². The fourth-order valence-electron chi connectivity index (χ4n) is 3.16. The summed E-state index contributed by atoms with van der Waals surface area (Å²) >= 11 is 0. The number of amides is 2. The Morgan fingerprint density at radius 1 is 1.33 bits per heavy atom. The first-order chi connectivity index (χ1) is 11.3. The number of halogens is 2. The number of alkyl halides is 2. The summed E-state index contributed by atoms with van der Waals surface area (Å²) in [6, 6.07) is -1.05. The van der Waals surface area contributed by atoms with Gasteiger partial charge in [0.1, 0.15) is 0 Å². The molecule has 2 heterocycles. The first-order valence-corrected chi connectivity index (χ1v) is 8.05. The number of hydrogen-bond acceptors (Lipinski definition) is 4. The average Bonchev–Trinajstić information content (AvgIpc) is 2.48. The lowest BCUT2D eigenvalue weighted by Gasteiger charge is -2.37. The van der Waals surface area contributed by atoms with Crippen molar-refractivity contribution >= 4 is 11.8 Å². The number of carbonyl (C=O) groups is 1. The predicted molar refractivity (Wildman–Crippen MR) is 84.3 cm³/mol. The Hall–Kier alpha value is -2.19. The normalized spacial score (nSPS) is 23.5. The minimum Gasteiger partial charge on any atom is -0.350 e. The van der Waals surface area contributed by atoms with E-state index in [4.69, 9.17) is 0 Å². The monoisotopic (exact) mass is 341 g/mol. The van der Waals surface area contributed by atoms with E-state index in [0.29, 0.717) is 18.9 Å². The second kappa shape index (κ2) is 6.37. The highest BCUT2D eigenvalue weighted by Crippen LogP contribution is 2.37. The zero-order valence-corrected chi connectivity index (χ0v) is 13.5. The Morgan fingerprint density at radius 3 is 2.75 bits per heavy atom. The molecule has 1 saturated heterocycles. The van der Waals surface area contributed by atoms with E-state index in [1.165, 1.54) is 4.57 Å². The molecule has 1 aromatic heterocycles. The Bertz CT molecular complexity index is 670. The fraction of sp³-hybridized carbons (Fsp3) is 0.667. The van der Waals surface area contributed by atoms with Crippen LogP contribution in [0.2, 0.25) is 0 Å². The highest BCUT2D eigenvalue weighted by Gasteiger charge is 2.46. The van der Waals surface area contributed by atoms with E-state index in [1.54, 1.807) is 19.4 Å². The van der Waals surface area contributed by atoms with E-state index < -0.39 is 18.0 Å². The van der Waals surface area contributed by atoms with Gasteiger partial charge in [-0.15, -0.1) is 0 Å². The van der Waals surface area contributed by atoms with Crippen molar-refractivity contribution in [3.05, 3.63) is 22.7 Å². The number of piperidine rings is 1. The van der Waals surface area contributed by atoms with Gasteiger partial charge in [-0.05, 0) is 12.8 Å². The number of carbonyl (C=O) groups excluding carboxylic acids is 1. The largest absolute Gasteiger partial charge is 0.350 e. The summed E-state index contributed by atoms with van der Waals surface area (Å²) in [7, 11) is 1.66. The summed E-state index contributed by atoms with van der Waals surface area (Å²) in [5.41, 5.74) is -0.181. The Morgan fingerprint density at radius 2 is 2.04 bits per heavy atom. The quantitative estimate of drug-likeness (QED) is 0.854. The van der Waals surface area contributed by atoms with Crippen LogP contribution < -0.4 is 21.1 Å². The van der Waals surface area contributed by atoms with Gasteiger partial charge in [0.05, 0.1) is 0 Å². The van der Waals surface area contributed by atoms with Gasteiger partial charge in [-0.25, -0.2) is 18.6 Å². The molecule has 24 heavy (non-hydrogen) atoms. The van der Waals surface area contributed by atoms with Crippen molar-refractivity contribution in [1.29, 1.82) is 0 Å². The zero-order chi connectivity index (χ0) is 17.3. The summed E-state index contributed by atoms with van der Waals surface area (Å²) in [5, 5.41) is 5.37. The number of nitrogens with one attached hydrogen (secondary N) is 2. The van der Waals surface area contributed by atoms with E-state index in [0.717, 1.165) is 12.8 Å². The van der Waals surface area contributed by atoms with Crippen LogP contribution >= 0.6 is 0 Å². The minimum atomic E-state index is -2.65. The van der Waals surface area contributed by atoms with Crippen LogP contribution in [-0.2, 0) is 7.05 Å². The highest BCUT2D eigenvalue weighted by molar-refractivity contribution is 5.74. The van der Waals surface area contributed by atoms with Crippen LogP contribution in [0.15, 0.2) is 17.2 Å². The molecule has 0 radical (unpaired) electrons. The lowest BCUT2D eigenvalue weighted by atomic mass is 9.88. The first kappa shape index (κ1) is 16.7. The number of hydrogen-bond donors (Lipinski definition) is 2. The van der Waals surface area contributed by atoms with Crippen LogP contribution in [0.3, 0.4) is 0 Å². The number of rotatable bonds is 3. The molecule has 2 N–H and O–H groups in total. The molecular weight excluding hydrogens is 320 g/mol. The molecule has 1 saturated carbocycles. The summed E-state index contributed by atoms with van der Waals surface area (Å²) in [4.78, 5) is 30.1. The molecule has 0 spiro atoms. The van der Waals surface area contributed by atoms with Crippen LogP contribution in [0, 0.1) is 0 Å². The van der Waals surface area contributed by atoms with Crippen LogP contribution in [0.1, 0.15) is 25.7 Å². The van der Waals surface area contributed by atoms with Crippen molar-refractivity contribution in [3.8, 4) is 0 Å². The number of urea groups is 1.